The molecule has 0 bridgehead atoms. The second-order valence-electron chi connectivity index (χ2n) is 4.85. The predicted octanol–water partition coefficient (Wildman–Crippen LogP) is 2.04. The third-order valence-electron chi connectivity index (χ3n) is 3.21. The van der Waals surface area contributed by atoms with Gasteiger partial charge in [-0.3, -0.25) is 0 Å². The van der Waals surface area contributed by atoms with Crippen molar-refractivity contribution in [3.05, 3.63) is 23.8 Å². The van der Waals surface area contributed by atoms with Crippen LogP contribution in [0.5, 0.6) is 5.75 Å². The topological polar surface area (TPSA) is 66.8 Å². The van der Waals surface area contributed by atoms with Crippen molar-refractivity contribution in [2.75, 3.05) is 26.8 Å². The van der Waals surface area contributed by atoms with Crippen LogP contribution in [-0.2, 0) is 16.4 Å². The largest absolute Gasteiger partial charge is 0.497 e. The van der Waals surface area contributed by atoms with Crippen molar-refractivity contribution in [1.29, 1.82) is 0 Å². The zero-order chi connectivity index (χ0) is 15.9. The van der Waals surface area contributed by atoms with Gasteiger partial charge in [0.15, 0.2) is 0 Å². The molecule has 0 amide bonds. The van der Waals surface area contributed by atoms with Crippen molar-refractivity contribution in [3.8, 4) is 5.75 Å². The van der Waals surface area contributed by atoms with Gasteiger partial charge in [0.25, 0.3) is 0 Å². The van der Waals surface area contributed by atoms with Gasteiger partial charge < -0.3 is 9.84 Å². The Labute approximate surface area is 127 Å². The molecule has 0 aliphatic rings. The first-order chi connectivity index (χ1) is 10.0. The van der Waals surface area contributed by atoms with Gasteiger partial charge in [-0.2, -0.15) is 4.31 Å². The lowest BCUT2D eigenvalue weighted by molar-refractivity contribution is 0.298. The third-order valence-corrected chi connectivity index (χ3v) is 5.21. The third kappa shape index (κ3) is 4.43. The van der Waals surface area contributed by atoms with Gasteiger partial charge in [-0.25, -0.2) is 8.42 Å². The van der Waals surface area contributed by atoms with E-state index in [1.54, 1.807) is 18.2 Å². The van der Waals surface area contributed by atoms with Gasteiger partial charge >= 0.3 is 0 Å². The van der Waals surface area contributed by atoms with Crippen LogP contribution in [0.25, 0.3) is 0 Å². The second-order valence-corrected chi connectivity index (χ2v) is 6.76. The van der Waals surface area contributed by atoms with Crippen LogP contribution in [0.1, 0.15) is 32.3 Å². The highest BCUT2D eigenvalue weighted by Gasteiger charge is 2.25. The lowest BCUT2D eigenvalue weighted by Gasteiger charge is -2.22. The van der Waals surface area contributed by atoms with E-state index in [0.29, 0.717) is 24.4 Å². The molecule has 5 nitrogen and oxygen atoms in total. The Bertz CT molecular complexity index is 537. The average Bonchev–Trinajstić information content (AvgIpc) is 2.47. The van der Waals surface area contributed by atoms with Crippen molar-refractivity contribution in [2.24, 2.45) is 0 Å². The summed E-state index contributed by atoms with van der Waals surface area (Å²) in [5, 5.41) is 9.17. The minimum absolute atomic E-state index is 0.1000. The molecule has 0 radical (unpaired) electrons. The van der Waals surface area contributed by atoms with E-state index in [9.17, 15) is 8.42 Å². The van der Waals surface area contributed by atoms with Gasteiger partial charge in [-0.05, 0) is 43.0 Å². The molecule has 1 rings (SSSR count). The van der Waals surface area contributed by atoms with E-state index in [-0.39, 0.29) is 17.9 Å². The van der Waals surface area contributed by atoms with Crippen LogP contribution in [0.15, 0.2) is 23.1 Å². The van der Waals surface area contributed by atoms with Gasteiger partial charge in [0.2, 0.25) is 10.0 Å². The zero-order valence-electron chi connectivity index (χ0n) is 13.0. The van der Waals surface area contributed by atoms with Gasteiger partial charge in [-0.15, -0.1) is 0 Å². The highest BCUT2D eigenvalue weighted by molar-refractivity contribution is 7.89. The quantitative estimate of drug-likeness (QED) is 0.757. The molecule has 1 aromatic rings. The van der Waals surface area contributed by atoms with Gasteiger partial charge in [0, 0.05) is 19.7 Å². The molecule has 6 heteroatoms. The number of methoxy groups -OCH3 is 1. The Balaban J connectivity index is 3.27. The number of rotatable bonds is 9. The fraction of sp³-hybridized carbons (Fsp3) is 0.600. The Morgan fingerprint density at radius 1 is 1.19 bits per heavy atom. The number of aliphatic hydroxyl groups excluding tert-OH is 1. The first-order valence-corrected chi connectivity index (χ1v) is 8.73. The SMILES string of the molecule is CCCN(CCC)S(=O)(=O)c1ccc(OC)cc1CCO. The van der Waals surface area contributed by atoms with E-state index in [4.69, 9.17) is 9.84 Å². The molecule has 0 unspecified atom stereocenters. The number of nitrogens with zero attached hydrogens (tertiary/aromatic N) is 1. The van der Waals surface area contributed by atoms with E-state index >= 15 is 0 Å². The number of sulfonamides is 1. The lowest BCUT2D eigenvalue weighted by Crippen LogP contribution is -2.33. The summed E-state index contributed by atoms with van der Waals surface area (Å²) in [6.07, 6.45) is 1.83. The second kappa shape index (κ2) is 8.36. The van der Waals surface area contributed by atoms with Crippen molar-refractivity contribution in [3.63, 3.8) is 0 Å². The monoisotopic (exact) mass is 315 g/mol. The summed E-state index contributed by atoms with van der Waals surface area (Å²) in [6, 6.07) is 4.89. The van der Waals surface area contributed by atoms with Crippen LogP contribution >= 0.6 is 0 Å². The van der Waals surface area contributed by atoms with Crippen LogP contribution in [0.2, 0.25) is 0 Å². The Kier molecular flexibility index (Phi) is 7.14. The summed E-state index contributed by atoms with van der Waals surface area (Å²) in [7, 11) is -2.00. The molecule has 0 atom stereocenters. The Morgan fingerprint density at radius 3 is 2.29 bits per heavy atom. The molecule has 0 aliphatic carbocycles. The maximum Gasteiger partial charge on any atom is 0.243 e. The Hall–Kier alpha value is -1.11. The minimum Gasteiger partial charge on any atom is -0.497 e. The predicted molar refractivity (Wildman–Crippen MR) is 83.1 cm³/mol. The molecule has 0 fully saturated rings. The summed E-state index contributed by atoms with van der Waals surface area (Å²) in [5.74, 6) is 0.593. The molecule has 0 saturated heterocycles. The van der Waals surface area contributed by atoms with Crippen LogP contribution in [-0.4, -0.2) is 44.6 Å². The van der Waals surface area contributed by atoms with Gasteiger partial charge in [0.1, 0.15) is 5.75 Å². The molecular weight excluding hydrogens is 290 g/mol. The molecular formula is C15H25NO4S. The molecule has 0 heterocycles. The minimum atomic E-state index is -3.54. The molecule has 120 valence electrons. The highest BCUT2D eigenvalue weighted by atomic mass is 32.2. The summed E-state index contributed by atoms with van der Waals surface area (Å²) >= 11 is 0. The molecule has 21 heavy (non-hydrogen) atoms. The van der Waals surface area contributed by atoms with Gasteiger partial charge in [-0.1, -0.05) is 13.8 Å². The number of benzene rings is 1. The molecule has 0 aliphatic heterocycles. The van der Waals surface area contributed by atoms with E-state index in [1.807, 2.05) is 13.8 Å². The van der Waals surface area contributed by atoms with E-state index in [2.05, 4.69) is 0 Å². The molecule has 0 spiro atoms. The maximum atomic E-state index is 12.8. The summed E-state index contributed by atoms with van der Waals surface area (Å²) < 4.78 is 32.3. The molecule has 0 saturated carbocycles. The zero-order valence-corrected chi connectivity index (χ0v) is 13.8. The van der Waals surface area contributed by atoms with Crippen molar-refractivity contribution in [2.45, 2.75) is 38.0 Å². The number of aliphatic hydroxyl groups is 1. The van der Waals surface area contributed by atoms with Gasteiger partial charge in [0.05, 0.1) is 12.0 Å². The maximum absolute atomic E-state index is 12.8. The number of ether oxygens (including phenoxy) is 1. The fourth-order valence-electron chi connectivity index (χ4n) is 2.24. The van der Waals surface area contributed by atoms with Crippen LogP contribution < -0.4 is 4.74 Å². The Morgan fingerprint density at radius 2 is 1.81 bits per heavy atom. The number of hydrogen-bond acceptors (Lipinski definition) is 4. The molecule has 1 N–H and O–H groups in total. The van der Waals surface area contributed by atoms with Crippen LogP contribution in [0, 0.1) is 0 Å². The van der Waals surface area contributed by atoms with Crippen LogP contribution in [0.4, 0.5) is 0 Å². The molecule has 0 aromatic heterocycles. The average molecular weight is 315 g/mol. The summed E-state index contributed by atoms with van der Waals surface area (Å²) in [5.41, 5.74) is 0.592. The van der Waals surface area contributed by atoms with Crippen LogP contribution in [0.3, 0.4) is 0 Å². The fourth-order valence-corrected chi connectivity index (χ4v) is 4.10. The van der Waals surface area contributed by atoms with E-state index in [0.717, 1.165) is 12.8 Å². The van der Waals surface area contributed by atoms with Crippen molar-refractivity contribution < 1.29 is 18.3 Å². The number of hydrogen-bond donors (Lipinski definition) is 1. The van der Waals surface area contributed by atoms with Crippen molar-refractivity contribution in [1.82, 2.24) is 4.31 Å². The summed E-state index contributed by atoms with van der Waals surface area (Å²) in [4.78, 5) is 0.263. The molecule has 1 aromatic carbocycles. The van der Waals surface area contributed by atoms with E-state index in [1.165, 1.54) is 11.4 Å². The summed E-state index contributed by atoms with van der Waals surface area (Å²) in [6.45, 7) is 4.82. The van der Waals surface area contributed by atoms with E-state index < -0.39 is 10.0 Å². The highest BCUT2D eigenvalue weighted by Crippen LogP contribution is 2.25. The smallest absolute Gasteiger partial charge is 0.243 e. The van der Waals surface area contributed by atoms with Crippen molar-refractivity contribution >= 4 is 10.0 Å². The standard InChI is InChI=1S/C15H25NO4S/c1-4-9-16(10-5-2)21(18,19)15-7-6-14(20-3)12-13(15)8-11-17/h6-7,12,17H,4-5,8-11H2,1-3H3. The normalized spacial score (nSPS) is 11.9. The first-order valence-electron chi connectivity index (χ1n) is 7.29. The first kappa shape index (κ1) is 17.9. The lowest BCUT2D eigenvalue weighted by atomic mass is 10.1.